The molecule has 0 spiro atoms. The highest BCUT2D eigenvalue weighted by Crippen LogP contribution is 2.62. The normalized spacial score (nSPS) is 13.1. The van der Waals surface area contributed by atoms with Crippen LogP contribution in [-0.2, 0) is 10.8 Å². The van der Waals surface area contributed by atoms with E-state index in [1.54, 1.807) is 0 Å². The van der Waals surface area contributed by atoms with E-state index >= 15 is 0 Å². The molecule has 0 fully saturated rings. The largest absolute Gasteiger partial charge is 0.310 e. The van der Waals surface area contributed by atoms with Crippen LogP contribution in [0.3, 0.4) is 0 Å². The second kappa shape index (κ2) is 20.3. The fourth-order valence-corrected chi connectivity index (χ4v) is 13.9. The minimum absolute atomic E-state index is 0.588. The summed E-state index contributed by atoms with van der Waals surface area (Å²) in [6.07, 6.45) is 0. The van der Waals surface area contributed by atoms with Gasteiger partial charge in [0.15, 0.2) is 0 Å². The first-order valence-corrected chi connectivity index (χ1v) is 28.4. The van der Waals surface area contributed by atoms with E-state index in [0.717, 1.165) is 56.4 Å². The van der Waals surface area contributed by atoms with Gasteiger partial charge in [-0.1, -0.05) is 279 Å². The van der Waals surface area contributed by atoms with Crippen molar-refractivity contribution in [2.24, 2.45) is 0 Å². The molecule has 13 aromatic carbocycles. The summed E-state index contributed by atoms with van der Waals surface area (Å²) >= 11 is 0. The molecule has 82 heavy (non-hydrogen) atoms. The number of fused-ring (bicyclic) bond motifs is 6. The Hall–Kier alpha value is -10.5. The molecule has 13 aromatic rings. The van der Waals surface area contributed by atoms with E-state index in [0.29, 0.717) is 0 Å². The lowest BCUT2D eigenvalue weighted by Crippen LogP contribution is -2.30. The molecule has 2 aliphatic rings. The molecular weight excluding hydrogens is 989 g/mol. The monoisotopic (exact) mass is 1040 g/mol. The number of hydrogen-bond donors (Lipinski definition) is 0. The predicted octanol–water partition coefficient (Wildman–Crippen LogP) is 20.7. The van der Waals surface area contributed by atoms with Gasteiger partial charge in [-0.15, -0.1) is 0 Å². The van der Waals surface area contributed by atoms with Gasteiger partial charge in [0.25, 0.3) is 0 Å². The maximum absolute atomic E-state index is 2.51. The summed E-state index contributed by atoms with van der Waals surface area (Å²) in [6, 6.07) is 125. The smallest absolute Gasteiger partial charge is 0.0734 e. The lowest BCUT2D eigenvalue weighted by atomic mass is 9.67. The standard InChI is InChI=1S/C80H56N2/c1-8-28-58(29-9-1)71-56-59(52-55-74(71)82(65-40-20-7-21-41-65)76-49-27-45-70-68-43-23-25-47-73(68)80(78(70)76,62-34-14-4-15-35-62)63-36-16-5-17-37-63)57-50-53-66(54-51-57)81(64-38-18-6-19-39-64)75-48-26-44-69-67-42-22-24-46-72(67)79(77(69)75,60-30-10-2-11-31-60)61-32-12-3-13-33-61/h1-56H. The Bertz CT molecular complexity index is 4330. The van der Waals surface area contributed by atoms with Crippen LogP contribution in [0.1, 0.15) is 44.5 Å². The number of rotatable bonds is 12. The average molecular weight is 1050 g/mol. The Morgan fingerprint density at radius 3 is 0.988 bits per heavy atom. The molecule has 0 atom stereocenters. The molecule has 0 aliphatic heterocycles. The van der Waals surface area contributed by atoms with Gasteiger partial charge in [0.2, 0.25) is 0 Å². The van der Waals surface area contributed by atoms with E-state index in [1.807, 2.05) is 0 Å². The Labute approximate surface area is 480 Å². The van der Waals surface area contributed by atoms with Gasteiger partial charge in [-0.05, 0) is 133 Å². The zero-order valence-corrected chi connectivity index (χ0v) is 45.2. The fourth-order valence-electron chi connectivity index (χ4n) is 13.9. The van der Waals surface area contributed by atoms with Crippen LogP contribution in [0.4, 0.5) is 34.1 Å². The highest BCUT2D eigenvalue weighted by Gasteiger charge is 2.50. The van der Waals surface area contributed by atoms with E-state index in [9.17, 15) is 0 Å². The van der Waals surface area contributed by atoms with Crippen molar-refractivity contribution < 1.29 is 0 Å². The van der Waals surface area contributed by atoms with Crippen LogP contribution >= 0.6 is 0 Å². The second-order valence-electron chi connectivity index (χ2n) is 21.4. The van der Waals surface area contributed by atoms with Crippen molar-refractivity contribution in [3.63, 3.8) is 0 Å². The minimum atomic E-state index is -0.616. The minimum Gasteiger partial charge on any atom is -0.310 e. The van der Waals surface area contributed by atoms with E-state index in [2.05, 4.69) is 350 Å². The molecule has 0 saturated heterocycles. The molecule has 2 aliphatic carbocycles. The van der Waals surface area contributed by atoms with Crippen LogP contribution in [0.25, 0.3) is 44.5 Å². The van der Waals surface area contributed by atoms with Crippen LogP contribution in [0.2, 0.25) is 0 Å². The zero-order chi connectivity index (χ0) is 54.5. The third-order valence-electron chi connectivity index (χ3n) is 17.2. The quantitative estimate of drug-likeness (QED) is 0.120. The maximum Gasteiger partial charge on any atom is 0.0734 e. The molecule has 0 aromatic heterocycles. The Balaban J connectivity index is 0.909. The van der Waals surface area contributed by atoms with E-state index < -0.39 is 10.8 Å². The molecule has 0 radical (unpaired) electrons. The van der Waals surface area contributed by atoms with Gasteiger partial charge in [-0.3, -0.25) is 0 Å². The van der Waals surface area contributed by atoms with Crippen molar-refractivity contribution in [1.82, 2.24) is 0 Å². The molecule has 386 valence electrons. The molecule has 15 rings (SSSR count). The highest BCUT2D eigenvalue weighted by atomic mass is 15.2. The SMILES string of the molecule is c1ccc(-c2cc(-c3ccc(N(c4ccccc4)c4cccc5c4C(c4ccccc4)(c4ccccc4)c4ccccc4-5)cc3)ccc2N(c2ccccc2)c2cccc3c2C(c2ccccc2)(c2ccccc2)c2ccccc2-3)cc1. The fraction of sp³-hybridized carbons (Fsp3) is 0.0250. The maximum atomic E-state index is 2.51. The lowest BCUT2D eigenvalue weighted by Gasteiger charge is -2.38. The molecule has 0 unspecified atom stereocenters. The summed E-state index contributed by atoms with van der Waals surface area (Å²) in [5.74, 6) is 0. The summed E-state index contributed by atoms with van der Waals surface area (Å²) in [7, 11) is 0. The van der Waals surface area contributed by atoms with Crippen molar-refractivity contribution in [2.75, 3.05) is 9.80 Å². The number of hydrogen-bond acceptors (Lipinski definition) is 2. The van der Waals surface area contributed by atoms with E-state index in [4.69, 9.17) is 0 Å². The number of nitrogens with zero attached hydrogens (tertiary/aromatic N) is 2. The van der Waals surface area contributed by atoms with E-state index in [1.165, 1.54) is 66.8 Å². The Morgan fingerprint density at radius 2 is 0.537 bits per heavy atom. The molecule has 0 saturated carbocycles. The number of para-hydroxylation sites is 2. The summed E-state index contributed by atoms with van der Waals surface area (Å²) < 4.78 is 0. The summed E-state index contributed by atoms with van der Waals surface area (Å²) in [4.78, 5) is 4.98. The lowest BCUT2D eigenvalue weighted by molar-refractivity contribution is 0.768. The first-order valence-electron chi connectivity index (χ1n) is 28.4. The number of anilines is 6. The van der Waals surface area contributed by atoms with Crippen LogP contribution in [0, 0.1) is 0 Å². The van der Waals surface area contributed by atoms with Crippen LogP contribution in [0.15, 0.2) is 340 Å². The second-order valence-corrected chi connectivity index (χ2v) is 21.4. The van der Waals surface area contributed by atoms with Crippen molar-refractivity contribution in [1.29, 1.82) is 0 Å². The van der Waals surface area contributed by atoms with Gasteiger partial charge in [0.1, 0.15) is 0 Å². The van der Waals surface area contributed by atoms with Crippen LogP contribution in [0.5, 0.6) is 0 Å². The van der Waals surface area contributed by atoms with Crippen molar-refractivity contribution in [2.45, 2.75) is 10.8 Å². The number of benzene rings is 13. The van der Waals surface area contributed by atoms with Gasteiger partial charge >= 0.3 is 0 Å². The first kappa shape index (κ1) is 48.6. The predicted molar refractivity (Wildman–Crippen MR) is 341 cm³/mol. The third-order valence-corrected chi connectivity index (χ3v) is 17.2. The van der Waals surface area contributed by atoms with Gasteiger partial charge in [0, 0.05) is 33.8 Å². The van der Waals surface area contributed by atoms with E-state index in [-0.39, 0.29) is 0 Å². The molecular formula is C80H56N2. The van der Waals surface area contributed by atoms with Gasteiger partial charge < -0.3 is 9.80 Å². The van der Waals surface area contributed by atoms with Crippen LogP contribution in [-0.4, -0.2) is 0 Å². The van der Waals surface area contributed by atoms with Crippen LogP contribution < -0.4 is 9.80 Å². The summed E-state index contributed by atoms with van der Waals surface area (Å²) in [6.45, 7) is 0. The van der Waals surface area contributed by atoms with Crippen molar-refractivity contribution in [3.8, 4) is 44.5 Å². The average Bonchev–Trinajstić information content (AvgIpc) is 2.14. The molecule has 0 bridgehead atoms. The summed E-state index contributed by atoms with van der Waals surface area (Å²) in [5.41, 5.74) is 24.9. The van der Waals surface area contributed by atoms with Crippen molar-refractivity contribution in [3.05, 3.63) is 384 Å². The Morgan fingerprint density at radius 1 is 0.195 bits per heavy atom. The first-order chi connectivity index (χ1) is 40.7. The van der Waals surface area contributed by atoms with Gasteiger partial charge in [-0.25, -0.2) is 0 Å². The van der Waals surface area contributed by atoms with Gasteiger partial charge in [-0.2, -0.15) is 0 Å². The summed E-state index contributed by atoms with van der Waals surface area (Å²) in [5, 5.41) is 0. The molecule has 0 heterocycles. The zero-order valence-electron chi connectivity index (χ0n) is 45.2. The Kier molecular flexibility index (Phi) is 12.0. The highest BCUT2D eigenvalue weighted by molar-refractivity contribution is 5.99. The third kappa shape index (κ3) is 7.64. The molecule has 2 heteroatoms. The van der Waals surface area contributed by atoms with Gasteiger partial charge in [0.05, 0.1) is 27.9 Å². The topological polar surface area (TPSA) is 6.48 Å². The molecule has 0 N–H and O–H groups in total. The molecule has 2 nitrogen and oxygen atoms in total. The molecule has 0 amide bonds. The van der Waals surface area contributed by atoms with Crippen molar-refractivity contribution >= 4 is 34.1 Å².